The number of carboxylic acid groups (broad SMARTS) is 1. The number of hydrogen-bond donors (Lipinski definition) is 2. The lowest BCUT2D eigenvalue weighted by Gasteiger charge is -2.56. The first-order chi connectivity index (χ1) is 22.1. The summed E-state index contributed by atoms with van der Waals surface area (Å²) >= 11 is 0. The van der Waals surface area contributed by atoms with Crippen molar-refractivity contribution in [3.8, 4) is 22.5 Å². The van der Waals surface area contributed by atoms with Crippen LogP contribution in [0, 0.1) is 11.3 Å². The van der Waals surface area contributed by atoms with E-state index < -0.39 is 5.97 Å². The summed E-state index contributed by atoms with van der Waals surface area (Å²) in [5, 5.41) is 12.3. The number of carboxylic acids is 1. The number of nitrogens with one attached hydrogen (secondary N) is 1. The van der Waals surface area contributed by atoms with Crippen molar-refractivity contribution in [3.63, 3.8) is 0 Å². The van der Waals surface area contributed by atoms with Crippen LogP contribution < -0.4 is 5.32 Å². The van der Waals surface area contributed by atoms with Gasteiger partial charge < -0.3 is 15.0 Å². The van der Waals surface area contributed by atoms with Crippen LogP contribution in [0.3, 0.4) is 0 Å². The molecule has 2 aliphatic rings. The Labute approximate surface area is 272 Å². The summed E-state index contributed by atoms with van der Waals surface area (Å²) in [6.45, 7) is 10.4. The van der Waals surface area contributed by atoms with E-state index in [0.717, 1.165) is 46.6 Å². The number of nitrogens with zero attached hydrogens (tertiary/aromatic N) is 2. The fourth-order valence-corrected chi connectivity index (χ4v) is 8.82. The van der Waals surface area contributed by atoms with E-state index in [1.165, 1.54) is 36.8 Å². The highest BCUT2D eigenvalue weighted by Gasteiger charge is 2.52. The second-order valence-electron chi connectivity index (χ2n) is 14.5. The van der Waals surface area contributed by atoms with Gasteiger partial charge in [-0.1, -0.05) is 101 Å². The van der Waals surface area contributed by atoms with Crippen LogP contribution in [-0.4, -0.2) is 27.2 Å². The van der Waals surface area contributed by atoms with Crippen molar-refractivity contribution in [1.82, 2.24) is 9.55 Å². The zero-order valence-corrected chi connectivity index (χ0v) is 27.5. The van der Waals surface area contributed by atoms with Gasteiger partial charge in [0.2, 0.25) is 0 Å². The molecule has 2 aliphatic carbocycles. The van der Waals surface area contributed by atoms with Gasteiger partial charge in [-0.3, -0.25) is 4.79 Å². The van der Waals surface area contributed by atoms with E-state index in [4.69, 9.17) is 4.98 Å². The maximum absolute atomic E-state index is 11.3. The summed E-state index contributed by atoms with van der Waals surface area (Å²) in [6.07, 6.45) is 5.98. The number of imidazole rings is 1. The van der Waals surface area contributed by atoms with E-state index in [2.05, 4.69) is 104 Å². The molecule has 46 heavy (non-hydrogen) atoms. The summed E-state index contributed by atoms with van der Waals surface area (Å²) in [5.41, 5.74) is 11.0. The van der Waals surface area contributed by atoms with Crippen LogP contribution in [0.1, 0.15) is 76.0 Å². The fourth-order valence-electron chi connectivity index (χ4n) is 8.82. The Morgan fingerprint density at radius 1 is 0.935 bits per heavy atom. The Morgan fingerprint density at radius 2 is 1.74 bits per heavy atom. The van der Waals surface area contributed by atoms with Crippen LogP contribution in [0.4, 0.5) is 5.69 Å². The highest BCUT2D eigenvalue weighted by molar-refractivity contribution is 5.86. The monoisotopic (exact) mass is 611 g/mol. The van der Waals surface area contributed by atoms with Gasteiger partial charge >= 0.3 is 5.97 Å². The van der Waals surface area contributed by atoms with Crippen molar-refractivity contribution in [2.24, 2.45) is 11.3 Å². The summed E-state index contributed by atoms with van der Waals surface area (Å²) in [4.78, 5) is 16.6. The maximum atomic E-state index is 11.3. The number of anilines is 1. The Balaban J connectivity index is 1.32. The van der Waals surface area contributed by atoms with Gasteiger partial charge in [-0.25, -0.2) is 4.98 Å². The number of carbonyl (C=O) groups is 1. The number of benzene rings is 4. The van der Waals surface area contributed by atoms with Crippen molar-refractivity contribution in [2.75, 3.05) is 11.9 Å². The molecule has 0 bridgehead atoms. The lowest BCUT2D eigenvalue weighted by molar-refractivity contribution is -0.134. The van der Waals surface area contributed by atoms with Crippen LogP contribution >= 0.6 is 0 Å². The first kappa shape index (κ1) is 30.3. The Morgan fingerprint density at radius 3 is 2.52 bits per heavy atom. The summed E-state index contributed by atoms with van der Waals surface area (Å²) in [6, 6.07) is 32.5. The van der Waals surface area contributed by atoms with Crippen LogP contribution in [0.25, 0.3) is 33.5 Å². The minimum absolute atomic E-state index is 0.0844. The average molecular weight is 612 g/mol. The third-order valence-electron chi connectivity index (χ3n) is 11.1. The largest absolute Gasteiger partial charge is 0.480 e. The molecule has 2 N–H and O–H groups in total. The third kappa shape index (κ3) is 5.40. The topological polar surface area (TPSA) is 67.2 Å². The summed E-state index contributed by atoms with van der Waals surface area (Å²) in [5.74, 6) is 1.16. The van der Waals surface area contributed by atoms with E-state index in [0.29, 0.717) is 11.8 Å². The number of rotatable bonds is 8. The van der Waals surface area contributed by atoms with Gasteiger partial charge in [0.15, 0.2) is 0 Å². The molecule has 5 heteroatoms. The summed E-state index contributed by atoms with van der Waals surface area (Å²) in [7, 11) is 0. The number of aliphatic carboxylic acids is 1. The molecular formula is C41H45N3O2. The molecular weight excluding hydrogens is 566 g/mol. The van der Waals surface area contributed by atoms with Gasteiger partial charge in [-0.2, -0.15) is 0 Å². The van der Waals surface area contributed by atoms with Gasteiger partial charge in [0.25, 0.3) is 0 Å². The number of hydrogen-bond acceptors (Lipinski definition) is 3. The molecule has 0 radical (unpaired) electrons. The lowest BCUT2D eigenvalue weighted by Crippen LogP contribution is -2.50. The maximum Gasteiger partial charge on any atom is 0.322 e. The van der Waals surface area contributed by atoms with Crippen molar-refractivity contribution in [3.05, 3.63) is 108 Å². The standard InChI is InChI=1S/C41H45N3O2/c1-27(2)29-14-17-34-31(22-29)16-19-37-40(3,20-9-21-41(34,37)4)26-44-36-18-15-30(28-10-6-5-7-11-28)24-35(36)43-39(44)32-12-8-13-33(23-32)42-25-38(45)46/h5-8,10-15,17-18,22-24,27,37,42H,9,16,19-21,25-26H2,1-4H3,(H,45,46)/t37-,40+,41+/m0/s1. The minimum Gasteiger partial charge on any atom is -0.480 e. The van der Waals surface area contributed by atoms with E-state index in [-0.39, 0.29) is 17.4 Å². The normalized spacial score (nSPS) is 22.4. The molecule has 1 saturated carbocycles. The van der Waals surface area contributed by atoms with Crippen LogP contribution in [0.5, 0.6) is 0 Å². The molecule has 1 heterocycles. The molecule has 3 atom stereocenters. The summed E-state index contributed by atoms with van der Waals surface area (Å²) < 4.78 is 2.46. The van der Waals surface area contributed by atoms with Crippen molar-refractivity contribution in [1.29, 1.82) is 0 Å². The Bertz CT molecular complexity index is 1910. The average Bonchev–Trinajstić information content (AvgIpc) is 3.41. The number of fused-ring (bicyclic) bond motifs is 4. The molecule has 0 aliphatic heterocycles. The number of aromatic nitrogens is 2. The van der Waals surface area contributed by atoms with Gasteiger partial charge in [-0.05, 0) is 100 Å². The van der Waals surface area contributed by atoms with Crippen molar-refractivity contribution < 1.29 is 9.90 Å². The Hall–Kier alpha value is -4.38. The van der Waals surface area contributed by atoms with Crippen LogP contribution in [-0.2, 0) is 23.2 Å². The first-order valence-electron chi connectivity index (χ1n) is 16.9. The second-order valence-corrected chi connectivity index (χ2v) is 14.5. The smallest absolute Gasteiger partial charge is 0.322 e. The predicted molar refractivity (Wildman–Crippen MR) is 188 cm³/mol. The van der Waals surface area contributed by atoms with E-state index in [1.807, 2.05) is 24.3 Å². The molecule has 0 amide bonds. The van der Waals surface area contributed by atoms with Gasteiger partial charge in [-0.15, -0.1) is 0 Å². The zero-order valence-electron chi connectivity index (χ0n) is 27.5. The fraction of sp³-hybridized carbons (Fsp3) is 0.366. The minimum atomic E-state index is -0.881. The Kier molecular flexibility index (Phi) is 7.75. The highest BCUT2D eigenvalue weighted by Crippen LogP contribution is 2.58. The lowest BCUT2D eigenvalue weighted by atomic mass is 9.49. The molecule has 0 spiro atoms. The van der Waals surface area contributed by atoms with E-state index >= 15 is 0 Å². The first-order valence-corrected chi connectivity index (χ1v) is 16.9. The molecule has 5 aromatic rings. The van der Waals surface area contributed by atoms with Crippen molar-refractivity contribution >= 4 is 22.7 Å². The molecule has 0 unspecified atom stereocenters. The third-order valence-corrected chi connectivity index (χ3v) is 11.1. The van der Waals surface area contributed by atoms with E-state index in [9.17, 15) is 9.90 Å². The molecule has 7 rings (SSSR count). The molecule has 1 fully saturated rings. The molecule has 0 saturated heterocycles. The van der Waals surface area contributed by atoms with Crippen LogP contribution in [0.15, 0.2) is 91.0 Å². The van der Waals surface area contributed by atoms with Gasteiger partial charge in [0.05, 0.1) is 11.0 Å². The van der Waals surface area contributed by atoms with Gasteiger partial charge in [0, 0.05) is 17.8 Å². The second kappa shape index (κ2) is 11.8. The zero-order chi connectivity index (χ0) is 32.1. The molecule has 5 nitrogen and oxygen atoms in total. The number of aryl methyl sites for hydroxylation is 1. The van der Waals surface area contributed by atoms with Crippen molar-refractivity contribution in [2.45, 2.75) is 77.7 Å². The quantitative estimate of drug-likeness (QED) is 0.183. The molecule has 1 aromatic heterocycles. The van der Waals surface area contributed by atoms with Crippen LogP contribution in [0.2, 0.25) is 0 Å². The highest BCUT2D eigenvalue weighted by atomic mass is 16.4. The van der Waals surface area contributed by atoms with E-state index in [1.54, 1.807) is 11.1 Å². The predicted octanol–water partition coefficient (Wildman–Crippen LogP) is 9.70. The molecule has 4 aromatic carbocycles. The molecule has 236 valence electrons. The SMILES string of the molecule is CC(C)c1ccc2c(c1)CC[C@H]1[C@@](C)(Cn3c(-c4cccc(NCC(=O)O)c4)nc4cc(-c5ccccc5)ccc43)CCC[C@]21C. The van der Waals surface area contributed by atoms with Gasteiger partial charge in [0.1, 0.15) is 12.4 Å².